The number of hydrogen-bond donors (Lipinski definition) is 3. The molecule has 0 saturated carbocycles. The van der Waals surface area contributed by atoms with Gasteiger partial charge in [0.15, 0.2) is 11.5 Å². The maximum Gasteiger partial charge on any atom is 0.229 e. The molecule has 0 aliphatic carbocycles. The van der Waals surface area contributed by atoms with Crippen LogP contribution in [0.1, 0.15) is 29.7 Å². The molecule has 0 aromatic heterocycles. The second-order valence-electron chi connectivity index (χ2n) is 9.11. The number of benzene rings is 2. The highest BCUT2D eigenvalue weighted by molar-refractivity contribution is 5.60. The van der Waals surface area contributed by atoms with E-state index in [-0.39, 0.29) is 6.04 Å². The summed E-state index contributed by atoms with van der Waals surface area (Å²) >= 11 is 0. The summed E-state index contributed by atoms with van der Waals surface area (Å²) < 4.78 is 28.2. The standard InChI is InChI=1S/C26H35NO8/c1-14-21(28)22(29)23(30)26(34-14)35-16-8-6-15(7-9-16)12-19-18-13-20(31-3)25(33-5)24(32-4)17(18)10-11-27(19)2/h6-9,13-14,19,21-23,26,28-30H,10-12H2,1-5H3/t14-,19?,21+,22-,23-,26+/m0/s1. The van der Waals surface area contributed by atoms with E-state index in [1.54, 1.807) is 28.3 Å². The lowest BCUT2D eigenvalue weighted by Gasteiger charge is -2.38. The molecule has 1 unspecified atom stereocenters. The summed E-state index contributed by atoms with van der Waals surface area (Å²) in [6, 6.07) is 9.72. The van der Waals surface area contributed by atoms with E-state index in [0.717, 1.165) is 41.8 Å². The van der Waals surface area contributed by atoms with Crippen molar-refractivity contribution in [1.82, 2.24) is 4.90 Å². The van der Waals surface area contributed by atoms with E-state index in [2.05, 4.69) is 11.9 Å². The molecule has 0 amide bonds. The Bertz CT molecular complexity index is 1010. The molecule has 9 nitrogen and oxygen atoms in total. The number of nitrogens with zero attached hydrogens (tertiary/aromatic N) is 1. The van der Waals surface area contributed by atoms with Crippen molar-refractivity contribution in [2.24, 2.45) is 0 Å². The van der Waals surface area contributed by atoms with Crippen molar-refractivity contribution in [2.75, 3.05) is 34.9 Å². The Balaban J connectivity index is 1.53. The Kier molecular flexibility index (Phi) is 7.73. The van der Waals surface area contributed by atoms with Gasteiger partial charge >= 0.3 is 0 Å². The molecule has 0 spiro atoms. The number of hydrogen-bond acceptors (Lipinski definition) is 9. The molecule has 1 fully saturated rings. The zero-order chi connectivity index (χ0) is 25.3. The van der Waals surface area contributed by atoms with Gasteiger partial charge in [0.1, 0.15) is 24.1 Å². The Morgan fingerprint density at radius 1 is 0.943 bits per heavy atom. The third-order valence-corrected chi connectivity index (χ3v) is 6.99. The van der Waals surface area contributed by atoms with E-state index in [1.165, 1.54) is 0 Å². The molecule has 0 bridgehead atoms. The van der Waals surface area contributed by atoms with Gasteiger partial charge in [0, 0.05) is 18.2 Å². The summed E-state index contributed by atoms with van der Waals surface area (Å²) in [4.78, 5) is 2.32. The van der Waals surface area contributed by atoms with Crippen molar-refractivity contribution < 1.29 is 39.0 Å². The average Bonchev–Trinajstić information content (AvgIpc) is 2.87. The fourth-order valence-corrected chi connectivity index (χ4v) is 4.91. The number of aliphatic hydroxyl groups is 3. The molecular weight excluding hydrogens is 454 g/mol. The van der Waals surface area contributed by atoms with Crippen LogP contribution >= 0.6 is 0 Å². The van der Waals surface area contributed by atoms with Crippen LogP contribution in [0.4, 0.5) is 0 Å². The molecule has 2 aromatic rings. The Hall–Kier alpha value is -2.56. The van der Waals surface area contributed by atoms with Gasteiger partial charge in [-0.25, -0.2) is 0 Å². The molecule has 9 heteroatoms. The number of ether oxygens (including phenoxy) is 5. The first-order valence-electron chi connectivity index (χ1n) is 11.8. The lowest BCUT2D eigenvalue weighted by molar-refractivity contribution is -0.268. The molecule has 1 saturated heterocycles. The largest absolute Gasteiger partial charge is 0.493 e. The number of rotatable bonds is 7. The SMILES string of the molecule is COc1cc2c(c(OC)c1OC)CCN(C)C2Cc1ccc(O[C@H]2O[C@@H](C)[C@@H](O)[C@H](O)[C@@H]2O)cc1. The van der Waals surface area contributed by atoms with Crippen molar-refractivity contribution in [3.63, 3.8) is 0 Å². The number of methoxy groups -OCH3 is 3. The maximum absolute atomic E-state index is 10.2. The number of fused-ring (bicyclic) bond motifs is 1. The summed E-state index contributed by atoms with van der Waals surface area (Å²) in [5.41, 5.74) is 3.38. The van der Waals surface area contributed by atoms with Gasteiger partial charge < -0.3 is 39.0 Å². The third-order valence-electron chi connectivity index (χ3n) is 6.99. The van der Waals surface area contributed by atoms with Crippen LogP contribution in [0.2, 0.25) is 0 Å². The quantitative estimate of drug-likeness (QED) is 0.535. The van der Waals surface area contributed by atoms with Crippen LogP contribution in [-0.2, 0) is 17.6 Å². The van der Waals surface area contributed by atoms with Gasteiger partial charge in [0.05, 0.1) is 27.4 Å². The van der Waals surface area contributed by atoms with E-state index in [9.17, 15) is 15.3 Å². The van der Waals surface area contributed by atoms with E-state index in [1.807, 2.05) is 30.3 Å². The molecule has 35 heavy (non-hydrogen) atoms. The summed E-state index contributed by atoms with van der Waals surface area (Å²) in [5.74, 6) is 2.47. The Morgan fingerprint density at radius 3 is 2.26 bits per heavy atom. The van der Waals surface area contributed by atoms with Crippen LogP contribution in [0, 0.1) is 0 Å². The molecule has 2 aliphatic heterocycles. The zero-order valence-corrected chi connectivity index (χ0v) is 20.8. The van der Waals surface area contributed by atoms with Gasteiger partial charge in [0.2, 0.25) is 12.0 Å². The summed E-state index contributed by atoms with van der Waals surface area (Å²) in [6.45, 7) is 2.51. The predicted molar refractivity (Wildman–Crippen MR) is 128 cm³/mol. The van der Waals surface area contributed by atoms with Gasteiger partial charge in [-0.2, -0.15) is 0 Å². The first-order valence-corrected chi connectivity index (χ1v) is 11.8. The van der Waals surface area contributed by atoms with Crippen LogP contribution in [0.5, 0.6) is 23.0 Å². The van der Waals surface area contributed by atoms with Crippen LogP contribution in [-0.4, -0.2) is 85.8 Å². The topological polar surface area (TPSA) is 110 Å². The van der Waals surface area contributed by atoms with Crippen LogP contribution < -0.4 is 18.9 Å². The van der Waals surface area contributed by atoms with E-state index in [4.69, 9.17) is 23.7 Å². The first kappa shape index (κ1) is 25.5. The second kappa shape index (κ2) is 10.6. The maximum atomic E-state index is 10.2. The minimum absolute atomic E-state index is 0.111. The lowest BCUT2D eigenvalue weighted by Crippen LogP contribution is -2.58. The molecule has 3 N–H and O–H groups in total. The van der Waals surface area contributed by atoms with Gasteiger partial charge in [-0.1, -0.05) is 12.1 Å². The lowest BCUT2D eigenvalue weighted by atomic mass is 9.88. The minimum Gasteiger partial charge on any atom is -0.493 e. The second-order valence-corrected chi connectivity index (χ2v) is 9.11. The highest BCUT2D eigenvalue weighted by atomic mass is 16.7. The number of likely N-dealkylation sites (N-methyl/N-ethyl adjacent to an activating group) is 1. The molecule has 2 aliphatic rings. The molecule has 2 aromatic carbocycles. The molecule has 2 heterocycles. The molecule has 0 radical (unpaired) electrons. The predicted octanol–water partition coefficient (Wildman–Crippen LogP) is 1.69. The van der Waals surface area contributed by atoms with Crippen molar-refractivity contribution in [1.29, 1.82) is 0 Å². The highest BCUT2D eigenvalue weighted by Crippen LogP contribution is 2.47. The van der Waals surface area contributed by atoms with E-state index < -0.39 is 30.7 Å². The molecule has 192 valence electrons. The van der Waals surface area contributed by atoms with Crippen molar-refractivity contribution >= 4 is 0 Å². The smallest absolute Gasteiger partial charge is 0.229 e. The van der Waals surface area contributed by atoms with Crippen molar-refractivity contribution in [3.05, 3.63) is 47.0 Å². The summed E-state index contributed by atoms with van der Waals surface area (Å²) in [7, 11) is 7.00. The van der Waals surface area contributed by atoms with Crippen LogP contribution in [0.15, 0.2) is 30.3 Å². The number of aliphatic hydroxyl groups excluding tert-OH is 3. The Labute approximate surface area is 205 Å². The first-order chi connectivity index (χ1) is 16.8. The monoisotopic (exact) mass is 489 g/mol. The minimum atomic E-state index is -1.35. The fraction of sp³-hybridized carbons (Fsp3) is 0.538. The van der Waals surface area contributed by atoms with Gasteiger partial charge in [-0.15, -0.1) is 0 Å². The summed E-state index contributed by atoms with van der Waals surface area (Å²) in [6.07, 6.45) is -3.98. The molecular formula is C26H35NO8. The third kappa shape index (κ3) is 4.92. The fourth-order valence-electron chi connectivity index (χ4n) is 4.91. The van der Waals surface area contributed by atoms with Gasteiger partial charge in [-0.05, 0) is 56.1 Å². The summed E-state index contributed by atoms with van der Waals surface area (Å²) in [5, 5.41) is 30.1. The zero-order valence-electron chi connectivity index (χ0n) is 20.8. The van der Waals surface area contributed by atoms with E-state index in [0.29, 0.717) is 17.2 Å². The van der Waals surface area contributed by atoms with Crippen molar-refractivity contribution in [3.8, 4) is 23.0 Å². The normalized spacial score (nSPS) is 28.8. The van der Waals surface area contributed by atoms with Crippen LogP contribution in [0.25, 0.3) is 0 Å². The van der Waals surface area contributed by atoms with Gasteiger partial charge in [-0.3, -0.25) is 4.90 Å². The molecule has 6 atom stereocenters. The van der Waals surface area contributed by atoms with Crippen molar-refractivity contribution in [2.45, 2.75) is 56.5 Å². The average molecular weight is 490 g/mol. The molecule has 4 rings (SSSR count). The highest BCUT2D eigenvalue weighted by Gasteiger charge is 2.43. The van der Waals surface area contributed by atoms with E-state index >= 15 is 0 Å². The Morgan fingerprint density at radius 2 is 1.63 bits per heavy atom. The van der Waals surface area contributed by atoms with Gasteiger partial charge in [0.25, 0.3) is 0 Å². The van der Waals surface area contributed by atoms with Crippen LogP contribution in [0.3, 0.4) is 0 Å².